The van der Waals surface area contributed by atoms with Crippen molar-refractivity contribution >= 4 is 12.0 Å². The maximum atomic E-state index is 10.7. The van der Waals surface area contributed by atoms with E-state index in [0.29, 0.717) is 23.1 Å². The van der Waals surface area contributed by atoms with Gasteiger partial charge in [-0.3, -0.25) is 4.79 Å². The number of carbonyl (C=O) groups excluding carboxylic acids is 1. The Bertz CT molecular complexity index is 601. The van der Waals surface area contributed by atoms with Gasteiger partial charge in [-0.1, -0.05) is 25.8 Å². The first-order valence-corrected chi connectivity index (χ1v) is 9.97. The average molecular weight is 378 g/mol. The van der Waals surface area contributed by atoms with Crippen molar-refractivity contribution in [3.63, 3.8) is 0 Å². The van der Waals surface area contributed by atoms with E-state index in [-0.39, 0.29) is 12.4 Å². The molecule has 1 aromatic carbocycles. The van der Waals surface area contributed by atoms with Crippen LogP contribution in [0.3, 0.4) is 0 Å². The van der Waals surface area contributed by atoms with E-state index in [9.17, 15) is 9.90 Å². The van der Waals surface area contributed by atoms with Crippen molar-refractivity contribution in [3.05, 3.63) is 17.7 Å². The lowest BCUT2D eigenvalue weighted by atomic mass is 9.88. The number of nitrogens with zero attached hydrogens (tertiary/aromatic N) is 1. The summed E-state index contributed by atoms with van der Waals surface area (Å²) >= 11 is 0. The minimum atomic E-state index is -0.0257. The van der Waals surface area contributed by atoms with Gasteiger partial charge in [-0.25, -0.2) is 0 Å². The third-order valence-electron chi connectivity index (χ3n) is 5.47. The van der Waals surface area contributed by atoms with E-state index < -0.39 is 0 Å². The van der Waals surface area contributed by atoms with Crippen LogP contribution in [0.1, 0.15) is 38.2 Å². The van der Waals surface area contributed by atoms with Crippen molar-refractivity contribution < 1.29 is 14.6 Å². The molecule has 1 aromatic rings. The van der Waals surface area contributed by atoms with Crippen molar-refractivity contribution in [3.8, 4) is 11.5 Å². The van der Waals surface area contributed by atoms with Gasteiger partial charge in [-0.2, -0.15) is 0 Å². The maximum absolute atomic E-state index is 10.7. The first-order valence-electron chi connectivity index (χ1n) is 9.97. The fraction of sp³-hybridized carbons (Fsp3) is 0.667. The van der Waals surface area contributed by atoms with Crippen molar-refractivity contribution in [1.29, 1.82) is 0 Å². The minimum Gasteiger partial charge on any atom is -0.506 e. The second kappa shape index (κ2) is 10.5. The molecule has 0 bridgehead atoms. The number of hydrogen-bond acceptors (Lipinski definition) is 6. The number of rotatable bonds is 12. The Kier molecular flexibility index (Phi) is 8.38. The molecule has 1 aliphatic carbocycles. The van der Waals surface area contributed by atoms with Gasteiger partial charge in [-0.05, 0) is 49.9 Å². The van der Waals surface area contributed by atoms with E-state index in [2.05, 4.69) is 29.5 Å². The number of phenolic OH excluding ortho intramolecular Hbond substituents is 1. The highest BCUT2D eigenvalue weighted by atomic mass is 16.5. The summed E-state index contributed by atoms with van der Waals surface area (Å²) in [5.41, 5.74) is 1.99. The number of likely N-dealkylation sites (N-methyl/N-ethyl adjacent to an activating group) is 1. The second-order valence-corrected chi connectivity index (χ2v) is 7.93. The summed E-state index contributed by atoms with van der Waals surface area (Å²) < 4.78 is 5.54. The molecule has 0 aliphatic heterocycles. The number of carbonyl (C=O) groups is 1. The Balaban J connectivity index is 1.78. The molecule has 1 saturated carbocycles. The summed E-state index contributed by atoms with van der Waals surface area (Å²) in [5.74, 6) is 0.676. The predicted molar refractivity (Wildman–Crippen MR) is 110 cm³/mol. The van der Waals surface area contributed by atoms with Gasteiger partial charge in [0.15, 0.2) is 6.29 Å². The van der Waals surface area contributed by atoms with E-state index in [0.717, 1.165) is 31.6 Å². The highest BCUT2D eigenvalue weighted by molar-refractivity contribution is 5.69. The fourth-order valence-corrected chi connectivity index (χ4v) is 4.07. The molecular formula is C21H35N3O3. The van der Waals surface area contributed by atoms with Gasteiger partial charge < -0.3 is 25.4 Å². The normalized spacial score (nSPS) is 15.9. The van der Waals surface area contributed by atoms with Crippen molar-refractivity contribution in [2.45, 2.75) is 39.0 Å². The number of anilines is 1. The summed E-state index contributed by atoms with van der Waals surface area (Å²) in [6.07, 6.45) is 6.93. The lowest BCUT2D eigenvalue weighted by Crippen LogP contribution is -2.36. The Labute approximate surface area is 163 Å². The number of aldehydes is 1. The molecule has 152 valence electrons. The third kappa shape index (κ3) is 6.40. The lowest BCUT2D eigenvalue weighted by molar-refractivity contribution is -0.109. The smallest absolute Gasteiger partial charge is 0.157 e. The SMILES string of the molecule is CNc1c(O)ccc(CCNCCN(C)CC2(C)CCCC2)c1OCC=O. The van der Waals surface area contributed by atoms with Crippen LogP contribution in [0.5, 0.6) is 11.5 Å². The zero-order valence-electron chi connectivity index (χ0n) is 17.0. The van der Waals surface area contributed by atoms with E-state index in [4.69, 9.17) is 4.74 Å². The standard InChI is InChI=1S/C21H35N3O3/c1-21(9-4-5-10-21)16-24(3)13-12-23-11-8-17-6-7-18(26)19(22-2)20(17)27-15-14-25/h6-7,14,22-23,26H,4-5,8-13,15-16H2,1-3H3. The predicted octanol–water partition coefficient (Wildman–Crippen LogP) is 2.66. The number of phenols is 1. The van der Waals surface area contributed by atoms with E-state index in [1.165, 1.54) is 32.2 Å². The molecule has 2 rings (SSSR count). The zero-order valence-corrected chi connectivity index (χ0v) is 17.0. The molecule has 0 spiro atoms. The van der Waals surface area contributed by atoms with Crippen LogP contribution in [-0.4, -0.2) is 63.2 Å². The Hall–Kier alpha value is -1.79. The molecule has 6 nitrogen and oxygen atoms in total. The molecular weight excluding hydrogens is 342 g/mol. The number of ether oxygens (including phenoxy) is 1. The Morgan fingerprint density at radius 1 is 1.30 bits per heavy atom. The van der Waals surface area contributed by atoms with Gasteiger partial charge in [0, 0.05) is 26.7 Å². The Morgan fingerprint density at radius 2 is 2.04 bits per heavy atom. The summed E-state index contributed by atoms with van der Waals surface area (Å²) in [6, 6.07) is 3.51. The molecule has 0 radical (unpaired) electrons. The van der Waals surface area contributed by atoms with Crippen LogP contribution < -0.4 is 15.4 Å². The van der Waals surface area contributed by atoms with Gasteiger partial charge in [-0.15, -0.1) is 0 Å². The maximum Gasteiger partial charge on any atom is 0.157 e. The highest BCUT2D eigenvalue weighted by Gasteiger charge is 2.29. The minimum absolute atomic E-state index is 0.0257. The molecule has 3 N–H and O–H groups in total. The number of benzene rings is 1. The monoisotopic (exact) mass is 377 g/mol. The number of hydrogen-bond donors (Lipinski definition) is 3. The second-order valence-electron chi connectivity index (χ2n) is 7.93. The average Bonchev–Trinajstić information content (AvgIpc) is 3.06. The molecule has 0 aromatic heterocycles. The van der Waals surface area contributed by atoms with Crippen LogP contribution in [0.2, 0.25) is 0 Å². The molecule has 0 amide bonds. The first kappa shape index (κ1) is 21.5. The molecule has 0 unspecified atom stereocenters. The molecule has 0 atom stereocenters. The molecule has 27 heavy (non-hydrogen) atoms. The summed E-state index contributed by atoms with van der Waals surface area (Å²) in [6.45, 7) is 6.34. The Morgan fingerprint density at radius 3 is 2.70 bits per heavy atom. The van der Waals surface area contributed by atoms with Gasteiger partial charge in [0.05, 0.1) is 0 Å². The van der Waals surface area contributed by atoms with Crippen molar-refractivity contribution in [1.82, 2.24) is 10.2 Å². The topological polar surface area (TPSA) is 73.8 Å². The number of nitrogens with one attached hydrogen (secondary N) is 2. The molecule has 1 fully saturated rings. The van der Waals surface area contributed by atoms with E-state index in [1.54, 1.807) is 13.1 Å². The van der Waals surface area contributed by atoms with Crippen molar-refractivity contribution in [2.24, 2.45) is 5.41 Å². The quantitative estimate of drug-likeness (QED) is 0.295. The molecule has 0 saturated heterocycles. The van der Waals surface area contributed by atoms with Crippen LogP contribution in [-0.2, 0) is 11.2 Å². The first-order chi connectivity index (χ1) is 13.0. The van der Waals surface area contributed by atoms with E-state index in [1.807, 2.05) is 6.07 Å². The third-order valence-corrected chi connectivity index (χ3v) is 5.47. The van der Waals surface area contributed by atoms with Gasteiger partial charge in [0.25, 0.3) is 0 Å². The largest absolute Gasteiger partial charge is 0.506 e. The number of aromatic hydroxyl groups is 1. The van der Waals surface area contributed by atoms with Crippen LogP contribution in [0.25, 0.3) is 0 Å². The summed E-state index contributed by atoms with van der Waals surface area (Å²) in [5, 5.41) is 16.4. The van der Waals surface area contributed by atoms with E-state index >= 15 is 0 Å². The van der Waals surface area contributed by atoms with Gasteiger partial charge in [0.1, 0.15) is 23.8 Å². The molecule has 0 heterocycles. The van der Waals surface area contributed by atoms with Crippen LogP contribution in [0.15, 0.2) is 12.1 Å². The molecule has 6 heteroatoms. The van der Waals surface area contributed by atoms with Crippen LogP contribution in [0.4, 0.5) is 5.69 Å². The summed E-state index contributed by atoms with van der Waals surface area (Å²) in [4.78, 5) is 13.1. The van der Waals surface area contributed by atoms with Gasteiger partial charge >= 0.3 is 0 Å². The fourth-order valence-electron chi connectivity index (χ4n) is 4.07. The van der Waals surface area contributed by atoms with Crippen molar-refractivity contribution in [2.75, 3.05) is 52.2 Å². The van der Waals surface area contributed by atoms with Crippen LogP contribution in [0, 0.1) is 5.41 Å². The van der Waals surface area contributed by atoms with Crippen LogP contribution >= 0.6 is 0 Å². The zero-order chi connectivity index (χ0) is 19.7. The summed E-state index contributed by atoms with van der Waals surface area (Å²) in [7, 11) is 3.93. The highest BCUT2D eigenvalue weighted by Crippen LogP contribution is 2.38. The lowest BCUT2D eigenvalue weighted by Gasteiger charge is -2.29. The molecule has 1 aliphatic rings. The van der Waals surface area contributed by atoms with Gasteiger partial charge in [0.2, 0.25) is 0 Å².